The van der Waals surface area contributed by atoms with Gasteiger partial charge < -0.3 is 9.15 Å². The van der Waals surface area contributed by atoms with E-state index in [4.69, 9.17) is 9.15 Å². The average molecular weight is 491 g/mol. The monoisotopic (exact) mass is 490 g/mol. The molecule has 0 aliphatic carbocycles. The highest BCUT2D eigenvalue weighted by Gasteiger charge is 2.20. The van der Waals surface area contributed by atoms with Gasteiger partial charge in [-0.25, -0.2) is 0 Å². The summed E-state index contributed by atoms with van der Waals surface area (Å²) < 4.78 is 12.8. The minimum atomic E-state index is -0.301. The number of fused-ring (bicyclic) bond motifs is 1. The number of ether oxygens (including phenoxy) is 1. The molecule has 1 aromatic heterocycles. The number of carbonyl (C=O) groups excluding carboxylic acids is 1. The molecule has 0 aliphatic heterocycles. The van der Waals surface area contributed by atoms with Crippen LogP contribution in [0.15, 0.2) is 86.5 Å². The summed E-state index contributed by atoms with van der Waals surface area (Å²) in [7, 11) is 0. The molecular weight excluding hydrogens is 468 g/mol. The van der Waals surface area contributed by atoms with Crippen LogP contribution in [0.1, 0.15) is 36.7 Å². The van der Waals surface area contributed by atoms with Crippen LogP contribution in [0.5, 0.6) is 5.75 Å². The first-order valence-electron chi connectivity index (χ1n) is 10.3. The van der Waals surface area contributed by atoms with Gasteiger partial charge in [0.05, 0.1) is 5.39 Å². The number of halogens is 1. The second kappa shape index (κ2) is 8.75. The molecule has 1 heterocycles. The van der Waals surface area contributed by atoms with E-state index in [0.29, 0.717) is 27.9 Å². The van der Waals surface area contributed by atoms with Crippen molar-refractivity contribution in [2.45, 2.75) is 26.2 Å². The molecule has 0 aliphatic rings. The minimum absolute atomic E-state index is 0.000814. The molecule has 162 valence electrons. The number of Topliss-reactive ketones (excluding diaryl/α,β-unsaturated/α-hetero) is 1. The van der Waals surface area contributed by atoms with Crippen LogP contribution in [-0.4, -0.2) is 12.4 Å². The van der Waals surface area contributed by atoms with E-state index >= 15 is 0 Å². The van der Waals surface area contributed by atoms with Gasteiger partial charge >= 0.3 is 0 Å². The number of hydrogen-bond donors (Lipinski definition) is 0. The zero-order valence-corrected chi connectivity index (χ0v) is 19.7. The van der Waals surface area contributed by atoms with Crippen molar-refractivity contribution in [2.75, 3.05) is 6.61 Å². The number of benzene rings is 3. The van der Waals surface area contributed by atoms with Gasteiger partial charge in [0.1, 0.15) is 5.58 Å². The van der Waals surface area contributed by atoms with E-state index < -0.39 is 0 Å². The molecule has 4 aromatic rings. The van der Waals surface area contributed by atoms with E-state index in [-0.39, 0.29) is 29.0 Å². The Labute approximate surface area is 195 Å². The largest absolute Gasteiger partial charge is 0.478 e. The Morgan fingerprint density at radius 3 is 2.25 bits per heavy atom. The highest BCUT2D eigenvalue weighted by Crippen LogP contribution is 2.32. The third-order valence-electron chi connectivity index (χ3n) is 5.28. The van der Waals surface area contributed by atoms with Gasteiger partial charge in [-0.2, -0.15) is 0 Å². The standard InChI is InChI=1S/C27H23BrO4/c1-27(2,3)19-12-8-18(9-13-19)25-26(24(30)21-6-4-5-7-23(21)32-25)31-16-22(29)17-10-14-20(28)15-11-17/h4-15H,16H2,1-3H3. The van der Waals surface area contributed by atoms with Gasteiger partial charge in [0.2, 0.25) is 11.2 Å². The van der Waals surface area contributed by atoms with Crippen LogP contribution in [0, 0.1) is 0 Å². The van der Waals surface area contributed by atoms with E-state index in [1.54, 1.807) is 42.5 Å². The second-order valence-corrected chi connectivity index (χ2v) is 9.55. The van der Waals surface area contributed by atoms with Gasteiger partial charge in [-0.3, -0.25) is 9.59 Å². The summed E-state index contributed by atoms with van der Waals surface area (Å²) >= 11 is 3.36. The van der Waals surface area contributed by atoms with Crippen molar-refractivity contribution < 1.29 is 13.9 Å². The summed E-state index contributed by atoms with van der Waals surface area (Å²) in [6, 6.07) is 21.9. The smallest absolute Gasteiger partial charge is 0.235 e. The van der Waals surface area contributed by atoms with Crippen LogP contribution in [0.2, 0.25) is 0 Å². The molecule has 0 spiro atoms. The summed E-state index contributed by atoms with van der Waals surface area (Å²) in [5, 5.41) is 0.411. The molecule has 32 heavy (non-hydrogen) atoms. The maximum absolute atomic E-state index is 13.2. The number of ketones is 1. The molecule has 0 atom stereocenters. The maximum atomic E-state index is 13.2. The van der Waals surface area contributed by atoms with Crippen LogP contribution in [0.3, 0.4) is 0 Å². The highest BCUT2D eigenvalue weighted by atomic mass is 79.9. The molecule has 4 rings (SSSR count). The Bertz CT molecular complexity index is 1330. The molecular formula is C27H23BrO4. The normalized spacial score (nSPS) is 11.5. The molecule has 4 nitrogen and oxygen atoms in total. The van der Waals surface area contributed by atoms with Gasteiger partial charge in [0.15, 0.2) is 18.2 Å². The maximum Gasteiger partial charge on any atom is 0.235 e. The predicted molar refractivity (Wildman–Crippen MR) is 131 cm³/mol. The summed E-state index contributed by atoms with van der Waals surface area (Å²) in [6.07, 6.45) is 0. The van der Waals surface area contributed by atoms with Crippen molar-refractivity contribution in [1.82, 2.24) is 0 Å². The number of carbonyl (C=O) groups is 1. The van der Waals surface area contributed by atoms with Gasteiger partial charge in [0, 0.05) is 15.6 Å². The molecule has 0 fully saturated rings. The Morgan fingerprint density at radius 2 is 1.59 bits per heavy atom. The zero-order chi connectivity index (χ0) is 22.9. The molecule has 0 unspecified atom stereocenters. The van der Waals surface area contributed by atoms with Gasteiger partial charge in [-0.15, -0.1) is 0 Å². The van der Waals surface area contributed by atoms with Gasteiger partial charge in [-0.1, -0.05) is 85.2 Å². The van der Waals surface area contributed by atoms with E-state index in [1.165, 1.54) is 0 Å². The Balaban J connectivity index is 1.75. The van der Waals surface area contributed by atoms with Gasteiger partial charge in [-0.05, 0) is 35.2 Å². The van der Waals surface area contributed by atoms with Crippen LogP contribution < -0.4 is 10.2 Å². The second-order valence-electron chi connectivity index (χ2n) is 8.63. The molecule has 0 radical (unpaired) electrons. The quantitative estimate of drug-likeness (QED) is 0.289. The lowest BCUT2D eigenvalue weighted by Crippen LogP contribution is -2.17. The summed E-state index contributed by atoms with van der Waals surface area (Å²) in [5.41, 5.74) is 2.56. The van der Waals surface area contributed by atoms with Crippen LogP contribution >= 0.6 is 15.9 Å². The highest BCUT2D eigenvalue weighted by molar-refractivity contribution is 9.10. The van der Waals surface area contributed by atoms with E-state index in [2.05, 4.69) is 36.7 Å². The molecule has 5 heteroatoms. The fourth-order valence-corrected chi connectivity index (χ4v) is 3.69. The Morgan fingerprint density at radius 1 is 0.938 bits per heavy atom. The molecule has 3 aromatic carbocycles. The van der Waals surface area contributed by atoms with Gasteiger partial charge in [0.25, 0.3) is 0 Å². The first-order valence-corrected chi connectivity index (χ1v) is 11.1. The van der Waals surface area contributed by atoms with Crippen molar-refractivity contribution >= 4 is 32.7 Å². The summed E-state index contributed by atoms with van der Waals surface area (Å²) in [5.74, 6) is 0.134. The predicted octanol–water partition coefficient (Wildman–Crippen LogP) is 6.78. The number of rotatable bonds is 5. The van der Waals surface area contributed by atoms with Crippen molar-refractivity contribution in [3.8, 4) is 17.1 Å². The van der Waals surface area contributed by atoms with Crippen LogP contribution in [-0.2, 0) is 5.41 Å². The van der Waals surface area contributed by atoms with Crippen molar-refractivity contribution in [3.63, 3.8) is 0 Å². The zero-order valence-electron chi connectivity index (χ0n) is 18.1. The molecule has 0 N–H and O–H groups in total. The van der Waals surface area contributed by atoms with E-state index in [1.807, 2.05) is 30.3 Å². The first-order chi connectivity index (χ1) is 15.2. The Kier molecular flexibility index (Phi) is 6.02. The van der Waals surface area contributed by atoms with Crippen molar-refractivity contribution in [2.24, 2.45) is 0 Å². The third kappa shape index (κ3) is 4.53. The fourth-order valence-electron chi connectivity index (χ4n) is 3.42. The van der Waals surface area contributed by atoms with Crippen LogP contribution in [0.4, 0.5) is 0 Å². The summed E-state index contributed by atoms with van der Waals surface area (Å²) in [6.45, 7) is 6.15. The molecule has 0 bridgehead atoms. The molecule has 0 amide bonds. The number of hydrogen-bond acceptors (Lipinski definition) is 4. The van der Waals surface area contributed by atoms with Crippen molar-refractivity contribution in [3.05, 3.63) is 98.6 Å². The minimum Gasteiger partial charge on any atom is -0.478 e. The third-order valence-corrected chi connectivity index (χ3v) is 5.81. The van der Waals surface area contributed by atoms with Crippen LogP contribution in [0.25, 0.3) is 22.3 Å². The van der Waals surface area contributed by atoms with Crippen molar-refractivity contribution in [1.29, 1.82) is 0 Å². The number of para-hydroxylation sites is 1. The van der Waals surface area contributed by atoms with E-state index in [0.717, 1.165) is 10.0 Å². The lowest BCUT2D eigenvalue weighted by atomic mass is 9.86. The average Bonchev–Trinajstić information content (AvgIpc) is 2.78. The SMILES string of the molecule is CC(C)(C)c1ccc(-c2oc3ccccc3c(=O)c2OCC(=O)c2ccc(Br)cc2)cc1. The first kappa shape index (κ1) is 22.0. The lowest BCUT2D eigenvalue weighted by molar-refractivity contribution is 0.0920. The summed E-state index contributed by atoms with van der Waals surface area (Å²) in [4.78, 5) is 25.9. The van der Waals surface area contributed by atoms with E-state index in [9.17, 15) is 9.59 Å². The molecule has 0 saturated carbocycles. The lowest BCUT2D eigenvalue weighted by Gasteiger charge is -2.19. The molecule has 0 saturated heterocycles. The fraction of sp³-hybridized carbons (Fsp3) is 0.185. The Hall–Kier alpha value is -3.18. The topological polar surface area (TPSA) is 56.5 Å².